The lowest BCUT2D eigenvalue weighted by Gasteiger charge is -2.24. The molecule has 0 aromatic heterocycles. The van der Waals surface area contributed by atoms with E-state index in [1.807, 2.05) is 54.6 Å². The summed E-state index contributed by atoms with van der Waals surface area (Å²) in [5.74, 6) is 0.309. The maximum atomic E-state index is 12.5. The van der Waals surface area contributed by atoms with Crippen LogP contribution < -0.4 is 10.1 Å². The fourth-order valence-corrected chi connectivity index (χ4v) is 3.33. The van der Waals surface area contributed by atoms with Gasteiger partial charge in [-0.2, -0.15) is 0 Å². The zero-order valence-electron chi connectivity index (χ0n) is 15.8. The Morgan fingerprint density at radius 3 is 2.32 bits per heavy atom. The van der Waals surface area contributed by atoms with Crippen molar-refractivity contribution in [2.75, 3.05) is 13.7 Å². The van der Waals surface area contributed by atoms with Crippen molar-refractivity contribution in [2.45, 2.75) is 12.5 Å². The zero-order valence-corrected chi connectivity index (χ0v) is 17.4. The normalized spacial score (nSPS) is 12.9. The molecule has 0 spiro atoms. The minimum absolute atomic E-state index is 0.0835. The maximum Gasteiger partial charge on any atom is 0.252 e. The van der Waals surface area contributed by atoms with Gasteiger partial charge in [-0.15, -0.1) is 0 Å². The van der Waals surface area contributed by atoms with E-state index in [4.69, 9.17) is 4.74 Å². The molecule has 0 bridgehead atoms. The first-order chi connectivity index (χ1) is 13.4. The molecule has 0 radical (unpaired) electrons. The van der Waals surface area contributed by atoms with E-state index in [-0.39, 0.29) is 12.5 Å². The lowest BCUT2D eigenvalue weighted by Crippen LogP contribution is -2.38. The van der Waals surface area contributed by atoms with Crippen LogP contribution in [-0.2, 0) is 5.60 Å². The second-order valence-electron chi connectivity index (χ2n) is 6.75. The highest BCUT2D eigenvalue weighted by molar-refractivity contribution is 9.10. The Bertz CT molecular complexity index is 953. The number of ether oxygens (including phenoxy) is 1. The van der Waals surface area contributed by atoms with Crippen LogP contribution in [-0.4, -0.2) is 24.7 Å². The van der Waals surface area contributed by atoms with Crippen LogP contribution in [0.5, 0.6) is 5.75 Å². The van der Waals surface area contributed by atoms with Gasteiger partial charge in [-0.1, -0.05) is 54.6 Å². The number of nitrogens with one attached hydrogen (secondary N) is 1. The van der Waals surface area contributed by atoms with Gasteiger partial charge in [0.15, 0.2) is 0 Å². The number of hydrogen-bond acceptors (Lipinski definition) is 3. The van der Waals surface area contributed by atoms with Gasteiger partial charge in [0, 0.05) is 4.47 Å². The quantitative estimate of drug-likeness (QED) is 0.581. The largest absolute Gasteiger partial charge is 0.497 e. The van der Waals surface area contributed by atoms with Crippen molar-refractivity contribution in [3.63, 3.8) is 0 Å². The number of hydrogen-bond donors (Lipinski definition) is 2. The molecule has 0 fully saturated rings. The van der Waals surface area contributed by atoms with Crippen LogP contribution >= 0.6 is 15.9 Å². The Balaban J connectivity index is 1.71. The number of benzene rings is 3. The summed E-state index contributed by atoms with van der Waals surface area (Å²) in [6, 6.07) is 22.9. The SMILES string of the molecule is COc1ccc(Br)c(C(=O)NC[C@](C)(O)c2ccc(-c3ccccc3)cc2)c1. The van der Waals surface area contributed by atoms with Gasteiger partial charge in [0.05, 0.1) is 19.2 Å². The molecule has 5 heteroatoms. The van der Waals surface area contributed by atoms with Gasteiger partial charge in [-0.25, -0.2) is 0 Å². The maximum absolute atomic E-state index is 12.5. The minimum Gasteiger partial charge on any atom is -0.497 e. The molecule has 3 rings (SSSR count). The van der Waals surface area contributed by atoms with Gasteiger partial charge in [-0.3, -0.25) is 4.79 Å². The molecule has 3 aromatic rings. The summed E-state index contributed by atoms with van der Waals surface area (Å²) in [5.41, 5.74) is 2.18. The lowest BCUT2D eigenvalue weighted by molar-refractivity contribution is 0.0526. The first-order valence-electron chi connectivity index (χ1n) is 8.91. The van der Waals surface area contributed by atoms with Crippen molar-refractivity contribution >= 4 is 21.8 Å². The smallest absolute Gasteiger partial charge is 0.252 e. The number of rotatable bonds is 6. The third-order valence-corrected chi connectivity index (χ3v) is 5.32. The van der Waals surface area contributed by atoms with Crippen LogP contribution in [0, 0.1) is 0 Å². The monoisotopic (exact) mass is 439 g/mol. The van der Waals surface area contributed by atoms with Crippen LogP contribution in [0.3, 0.4) is 0 Å². The summed E-state index contributed by atoms with van der Waals surface area (Å²) in [7, 11) is 1.55. The number of methoxy groups -OCH3 is 1. The van der Waals surface area contributed by atoms with Crippen molar-refractivity contribution < 1.29 is 14.6 Å². The molecule has 1 amide bonds. The molecule has 0 aliphatic rings. The molecule has 0 aliphatic carbocycles. The fourth-order valence-electron chi connectivity index (χ4n) is 2.91. The Kier molecular flexibility index (Phi) is 6.17. The summed E-state index contributed by atoms with van der Waals surface area (Å²) in [6.45, 7) is 1.77. The average Bonchev–Trinajstić information content (AvgIpc) is 2.73. The lowest BCUT2D eigenvalue weighted by atomic mass is 9.93. The van der Waals surface area contributed by atoms with Gasteiger partial charge in [0.2, 0.25) is 0 Å². The number of aliphatic hydroxyl groups is 1. The van der Waals surface area contributed by atoms with Crippen LogP contribution in [0.1, 0.15) is 22.8 Å². The third kappa shape index (κ3) is 4.61. The Hall–Kier alpha value is -2.63. The molecule has 0 aliphatic heterocycles. The summed E-state index contributed by atoms with van der Waals surface area (Å²) >= 11 is 3.38. The predicted molar refractivity (Wildman–Crippen MR) is 114 cm³/mol. The molecule has 2 N–H and O–H groups in total. The van der Waals surface area contributed by atoms with E-state index >= 15 is 0 Å². The van der Waals surface area contributed by atoms with Gasteiger partial charge in [-0.05, 0) is 57.7 Å². The Morgan fingerprint density at radius 1 is 1.04 bits per heavy atom. The van der Waals surface area contributed by atoms with Gasteiger partial charge < -0.3 is 15.2 Å². The van der Waals surface area contributed by atoms with Crippen molar-refractivity contribution in [2.24, 2.45) is 0 Å². The van der Waals surface area contributed by atoms with E-state index in [9.17, 15) is 9.90 Å². The topological polar surface area (TPSA) is 58.6 Å². The molecule has 0 unspecified atom stereocenters. The van der Waals surface area contributed by atoms with E-state index in [2.05, 4.69) is 21.2 Å². The summed E-state index contributed by atoms with van der Waals surface area (Å²) in [5, 5.41) is 13.7. The van der Waals surface area contributed by atoms with Gasteiger partial charge in [0.25, 0.3) is 5.91 Å². The summed E-state index contributed by atoms with van der Waals surface area (Å²) in [4.78, 5) is 12.5. The van der Waals surface area contributed by atoms with E-state index < -0.39 is 5.60 Å². The molecule has 1 atom stereocenters. The molecular weight excluding hydrogens is 418 g/mol. The molecule has 0 saturated carbocycles. The number of carbonyl (C=O) groups is 1. The highest BCUT2D eigenvalue weighted by Gasteiger charge is 2.24. The van der Waals surface area contributed by atoms with Gasteiger partial charge in [0.1, 0.15) is 11.4 Å². The Morgan fingerprint density at radius 2 is 1.68 bits per heavy atom. The highest BCUT2D eigenvalue weighted by atomic mass is 79.9. The number of carbonyl (C=O) groups excluding carboxylic acids is 1. The fraction of sp³-hybridized carbons (Fsp3) is 0.174. The molecule has 28 heavy (non-hydrogen) atoms. The Labute approximate surface area is 173 Å². The van der Waals surface area contributed by atoms with E-state index in [1.165, 1.54) is 0 Å². The second-order valence-corrected chi connectivity index (χ2v) is 7.60. The van der Waals surface area contributed by atoms with Crippen LogP contribution in [0.25, 0.3) is 11.1 Å². The molecule has 3 aromatic carbocycles. The first kappa shape index (κ1) is 20.1. The number of amides is 1. The van der Waals surface area contributed by atoms with E-state index in [0.29, 0.717) is 15.8 Å². The highest BCUT2D eigenvalue weighted by Crippen LogP contribution is 2.26. The van der Waals surface area contributed by atoms with Crippen molar-refractivity contribution in [1.82, 2.24) is 5.32 Å². The summed E-state index contributed by atoms with van der Waals surface area (Å²) in [6.07, 6.45) is 0. The van der Waals surface area contributed by atoms with Crippen LogP contribution in [0.4, 0.5) is 0 Å². The van der Waals surface area contributed by atoms with Crippen molar-refractivity contribution in [3.05, 3.63) is 88.4 Å². The average molecular weight is 440 g/mol. The standard InChI is InChI=1S/C23H22BrNO3/c1-23(27,15-25-22(26)20-14-19(28-2)12-13-21(20)24)18-10-8-17(9-11-18)16-6-4-3-5-7-16/h3-14,27H,15H2,1-2H3,(H,25,26)/t23-/m0/s1. The zero-order chi connectivity index (χ0) is 20.1. The molecular formula is C23H22BrNO3. The first-order valence-corrected chi connectivity index (χ1v) is 9.70. The van der Waals surface area contributed by atoms with Gasteiger partial charge >= 0.3 is 0 Å². The molecule has 0 heterocycles. The van der Waals surface area contributed by atoms with E-state index in [1.54, 1.807) is 32.2 Å². The van der Waals surface area contributed by atoms with Crippen molar-refractivity contribution in [1.29, 1.82) is 0 Å². The van der Waals surface area contributed by atoms with Crippen molar-refractivity contribution in [3.8, 4) is 16.9 Å². The predicted octanol–water partition coefficient (Wildman–Crippen LogP) is 4.76. The third-order valence-electron chi connectivity index (χ3n) is 4.63. The second kappa shape index (κ2) is 8.59. The number of halogens is 1. The molecule has 4 nitrogen and oxygen atoms in total. The molecule has 144 valence electrons. The molecule has 0 saturated heterocycles. The minimum atomic E-state index is -1.20. The van der Waals surface area contributed by atoms with Crippen LogP contribution in [0.15, 0.2) is 77.3 Å². The summed E-state index contributed by atoms with van der Waals surface area (Å²) < 4.78 is 5.84. The van der Waals surface area contributed by atoms with E-state index in [0.717, 1.165) is 16.7 Å². The van der Waals surface area contributed by atoms with Crippen LogP contribution in [0.2, 0.25) is 0 Å².